The SMILES string of the molecule is CCNc1nc(-c2ccc(F)cc2)nc(CC)c1C. The van der Waals surface area contributed by atoms with Crippen molar-refractivity contribution in [3.8, 4) is 11.4 Å². The Labute approximate surface area is 112 Å². The maximum atomic E-state index is 13.0. The first kappa shape index (κ1) is 13.5. The largest absolute Gasteiger partial charge is 0.370 e. The van der Waals surface area contributed by atoms with E-state index >= 15 is 0 Å². The summed E-state index contributed by atoms with van der Waals surface area (Å²) in [6, 6.07) is 6.26. The summed E-state index contributed by atoms with van der Waals surface area (Å²) in [5.41, 5.74) is 2.93. The minimum absolute atomic E-state index is 0.251. The molecular weight excluding hydrogens is 241 g/mol. The number of hydrogen-bond acceptors (Lipinski definition) is 3. The first-order valence-electron chi connectivity index (χ1n) is 6.53. The molecule has 0 saturated heterocycles. The lowest BCUT2D eigenvalue weighted by molar-refractivity contribution is 0.628. The normalized spacial score (nSPS) is 10.5. The van der Waals surface area contributed by atoms with Crippen molar-refractivity contribution >= 4 is 5.82 Å². The van der Waals surface area contributed by atoms with Gasteiger partial charge in [-0.05, 0) is 44.5 Å². The van der Waals surface area contributed by atoms with Crippen molar-refractivity contribution in [3.05, 3.63) is 41.3 Å². The molecule has 4 heteroatoms. The molecular formula is C15H18FN3. The molecule has 0 radical (unpaired) electrons. The molecule has 1 N–H and O–H groups in total. The molecule has 0 saturated carbocycles. The van der Waals surface area contributed by atoms with E-state index in [0.717, 1.165) is 35.6 Å². The second-order valence-corrected chi connectivity index (χ2v) is 4.36. The van der Waals surface area contributed by atoms with Gasteiger partial charge < -0.3 is 5.32 Å². The lowest BCUT2D eigenvalue weighted by Gasteiger charge is -2.12. The maximum absolute atomic E-state index is 13.0. The summed E-state index contributed by atoms with van der Waals surface area (Å²) >= 11 is 0. The van der Waals surface area contributed by atoms with Crippen molar-refractivity contribution in [1.82, 2.24) is 9.97 Å². The summed E-state index contributed by atoms with van der Waals surface area (Å²) in [7, 11) is 0. The van der Waals surface area contributed by atoms with Crippen LogP contribution in [0, 0.1) is 12.7 Å². The highest BCUT2D eigenvalue weighted by Crippen LogP contribution is 2.22. The fourth-order valence-corrected chi connectivity index (χ4v) is 1.97. The van der Waals surface area contributed by atoms with E-state index in [1.54, 1.807) is 12.1 Å². The van der Waals surface area contributed by atoms with Gasteiger partial charge >= 0.3 is 0 Å². The van der Waals surface area contributed by atoms with Crippen molar-refractivity contribution in [2.75, 3.05) is 11.9 Å². The fraction of sp³-hybridized carbons (Fsp3) is 0.333. The van der Waals surface area contributed by atoms with Gasteiger partial charge in [0.15, 0.2) is 5.82 Å². The zero-order valence-electron chi connectivity index (χ0n) is 11.5. The number of nitrogens with zero attached hydrogens (tertiary/aromatic N) is 2. The van der Waals surface area contributed by atoms with Crippen LogP contribution < -0.4 is 5.32 Å². The first-order valence-corrected chi connectivity index (χ1v) is 6.53. The summed E-state index contributed by atoms with van der Waals surface area (Å²) in [4.78, 5) is 9.09. The van der Waals surface area contributed by atoms with Gasteiger partial charge in [0.05, 0.1) is 0 Å². The molecule has 2 aromatic rings. The van der Waals surface area contributed by atoms with Gasteiger partial charge in [0.25, 0.3) is 0 Å². The molecule has 0 fully saturated rings. The van der Waals surface area contributed by atoms with Gasteiger partial charge in [-0.25, -0.2) is 14.4 Å². The number of aryl methyl sites for hydroxylation is 1. The summed E-state index contributed by atoms with van der Waals surface area (Å²) in [6.45, 7) is 6.93. The quantitative estimate of drug-likeness (QED) is 0.911. The number of rotatable bonds is 4. The van der Waals surface area contributed by atoms with Crippen LogP contribution in [-0.2, 0) is 6.42 Å². The van der Waals surface area contributed by atoms with Gasteiger partial charge in [-0.15, -0.1) is 0 Å². The van der Waals surface area contributed by atoms with E-state index in [0.29, 0.717) is 5.82 Å². The highest BCUT2D eigenvalue weighted by molar-refractivity contribution is 5.59. The molecule has 1 aromatic carbocycles. The average molecular weight is 259 g/mol. The Bertz CT molecular complexity index is 564. The van der Waals surface area contributed by atoms with Gasteiger partial charge in [-0.2, -0.15) is 0 Å². The lowest BCUT2D eigenvalue weighted by atomic mass is 10.1. The van der Waals surface area contributed by atoms with Crippen molar-refractivity contribution < 1.29 is 4.39 Å². The second-order valence-electron chi connectivity index (χ2n) is 4.36. The molecule has 0 amide bonds. The molecule has 1 aromatic heterocycles. The molecule has 0 aliphatic rings. The highest BCUT2D eigenvalue weighted by atomic mass is 19.1. The summed E-state index contributed by atoms with van der Waals surface area (Å²) in [5, 5.41) is 3.25. The van der Waals surface area contributed by atoms with Crippen LogP contribution >= 0.6 is 0 Å². The Hall–Kier alpha value is -1.97. The maximum Gasteiger partial charge on any atom is 0.161 e. The minimum Gasteiger partial charge on any atom is -0.370 e. The Morgan fingerprint density at radius 3 is 2.37 bits per heavy atom. The van der Waals surface area contributed by atoms with E-state index < -0.39 is 0 Å². The molecule has 0 spiro atoms. The van der Waals surface area contributed by atoms with E-state index in [2.05, 4.69) is 22.2 Å². The number of benzene rings is 1. The van der Waals surface area contributed by atoms with Crippen LogP contribution in [0.15, 0.2) is 24.3 Å². The van der Waals surface area contributed by atoms with Crippen molar-refractivity contribution in [1.29, 1.82) is 0 Å². The molecule has 19 heavy (non-hydrogen) atoms. The first-order chi connectivity index (χ1) is 9.15. The van der Waals surface area contributed by atoms with Gasteiger partial charge in [0.1, 0.15) is 11.6 Å². The molecule has 1 heterocycles. The summed E-state index contributed by atoms with van der Waals surface area (Å²) < 4.78 is 13.0. The molecule has 0 aliphatic heterocycles. The van der Waals surface area contributed by atoms with E-state index in [-0.39, 0.29) is 5.82 Å². The van der Waals surface area contributed by atoms with E-state index in [1.165, 1.54) is 12.1 Å². The third kappa shape index (κ3) is 2.89. The molecule has 2 rings (SSSR count). The van der Waals surface area contributed by atoms with Crippen molar-refractivity contribution in [2.24, 2.45) is 0 Å². The Morgan fingerprint density at radius 1 is 1.11 bits per heavy atom. The molecule has 3 nitrogen and oxygen atoms in total. The summed E-state index contributed by atoms with van der Waals surface area (Å²) in [6.07, 6.45) is 0.848. The minimum atomic E-state index is -0.251. The standard InChI is InChI=1S/C15H18FN3/c1-4-13-10(3)14(17-5-2)19-15(18-13)11-6-8-12(16)9-7-11/h6-9H,4-5H2,1-3H3,(H,17,18,19). The average Bonchev–Trinajstić information content (AvgIpc) is 2.42. The van der Waals surface area contributed by atoms with Gasteiger partial charge in [0, 0.05) is 23.4 Å². The van der Waals surface area contributed by atoms with E-state index in [4.69, 9.17) is 0 Å². The third-order valence-electron chi connectivity index (χ3n) is 3.03. The van der Waals surface area contributed by atoms with Crippen LogP contribution in [0.4, 0.5) is 10.2 Å². The predicted molar refractivity (Wildman–Crippen MR) is 75.7 cm³/mol. The number of hydrogen-bond donors (Lipinski definition) is 1. The van der Waals surface area contributed by atoms with Crippen LogP contribution in [-0.4, -0.2) is 16.5 Å². The summed E-state index contributed by atoms with van der Waals surface area (Å²) in [5.74, 6) is 1.24. The predicted octanol–water partition coefficient (Wildman–Crippen LogP) is 3.59. The smallest absolute Gasteiger partial charge is 0.161 e. The van der Waals surface area contributed by atoms with Crippen LogP contribution in [0.25, 0.3) is 11.4 Å². The number of nitrogens with one attached hydrogen (secondary N) is 1. The van der Waals surface area contributed by atoms with Crippen LogP contribution in [0.3, 0.4) is 0 Å². The van der Waals surface area contributed by atoms with Crippen molar-refractivity contribution in [2.45, 2.75) is 27.2 Å². The number of halogens is 1. The molecule has 0 unspecified atom stereocenters. The van der Waals surface area contributed by atoms with Crippen LogP contribution in [0.5, 0.6) is 0 Å². The Morgan fingerprint density at radius 2 is 1.79 bits per heavy atom. The van der Waals surface area contributed by atoms with Gasteiger partial charge in [-0.3, -0.25) is 0 Å². The third-order valence-corrected chi connectivity index (χ3v) is 3.03. The van der Waals surface area contributed by atoms with Gasteiger partial charge in [0.2, 0.25) is 0 Å². The topological polar surface area (TPSA) is 37.8 Å². The second kappa shape index (κ2) is 5.78. The van der Waals surface area contributed by atoms with Gasteiger partial charge in [-0.1, -0.05) is 6.92 Å². The molecule has 100 valence electrons. The zero-order chi connectivity index (χ0) is 13.8. The van der Waals surface area contributed by atoms with Crippen LogP contribution in [0.2, 0.25) is 0 Å². The van der Waals surface area contributed by atoms with Crippen molar-refractivity contribution in [3.63, 3.8) is 0 Å². The van der Waals surface area contributed by atoms with E-state index in [9.17, 15) is 4.39 Å². The monoisotopic (exact) mass is 259 g/mol. The number of aromatic nitrogens is 2. The molecule has 0 atom stereocenters. The number of anilines is 1. The Balaban J connectivity index is 2.51. The lowest BCUT2D eigenvalue weighted by Crippen LogP contribution is -2.07. The Kier molecular flexibility index (Phi) is 4.10. The van der Waals surface area contributed by atoms with Crippen LogP contribution in [0.1, 0.15) is 25.1 Å². The van der Waals surface area contributed by atoms with E-state index in [1.807, 2.05) is 13.8 Å². The molecule has 0 bridgehead atoms. The fourth-order valence-electron chi connectivity index (χ4n) is 1.97. The zero-order valence-corrected chi connectivity index (χ0v) is 11.5. The highest BCUT2D eigenvalue weighted by Gasteiger charge is 2.10. The molecule has 0 aliphatic carbocycles.